The summed E-state index contributed by atoms with van der Waals surface area (Å²) in [6.07, 6.45) is 0. The average molecular weight is 491 g/mol. The quantitative estimate of drug-likeness (QED) is 0.579. The number of hydrogen-bond acceptors (Lipinski definition) is 8. The molecule has 1 atom stereocenters. The van der Waals surface area contributed by atoms with E-state index in [1.54, 1.807) is 24.6 Å². The summed E-state index contributed by atoms with van der Waals surface area (Å²) in [5.74, 6) is 0.347. The molecule has 33 heavy (non-hydrogen) atoms. The number of nitrogens with one attached hydrogen (secondary N) is 1. The number of anilines is 1. The van der Waals surface area contributed by atoms with Gasteiger partial charge in [-0.25, -0.2) is 18.4 Å². The molecule has 0 bridgehead atoms. The second-order valence-electron chi connectivity index (χ2n) is 8.04. The molecule has 1 aliphatic heterocycles. The maximum absolute atomic E-state index is 13.2. The summed E-state index contributed by atoms with van der Waals surface area (Å²) in [6.45, 7) is 6.57. The minimum absolute atomic E-state index is 0.0979. The van der Waals surface area contributed by atoms with E-state index in [2.05, 4.69) is 15.2 Å². The molecule has 0 spiro atoms. The van der Waals surface area contributed by atoms with Crippen molar-refractivity contribution in [1.29, 1.82) is 0 Å². The first-order valence-corrected chi connectivity index (χ1v) is 12.8. The summed E-state index contributed by atoms with van der Waals surface area (Å²) in [7, 11) is -2.01. The highest BCUT2D eigenvalue weighted by Crippen LogP contribution is 2.31. The van der Waals surface area contributed by atoms with Crippen LogP contribution in [-0.4, -0.2) is 64.2 Å². The Morgan fingerprint density at radius 2 is 1.82 bits per heavy atom. The Morgan fingerprint density at radius 1 is 1.15 bits per heavy atom. The molecule has 1 fully saturated rings. The van der Waals surface area contributed by atoms with Crippen LogP contribution in [0.15, 0.2) is 33.3 Å². The van der Waals surface area contributed by atoms with Gasteiger partial charge in [0.15, 0.2) is 9.34 Å². The Morgan fingerprint density at radius 3 is 2.48 bits per heavy atom. The van der Waals surface area contributed by atoms with E-state index in [1.807, 2.05) is 25.1 Å². The minimum atomic E-state index is -3.72. The number of fused-ring (bicyclic) bond motifs is 1. The predicted octanol–water partition coefficient (Wildman–Crippen LogP) is 1.72. The van der Waals surface area contributed by atoms with Gasteiger partial charge in [-0.3, -0.25) is 19.1 Å². The highest BCUT2D eigenvalue weighted by Gasteiger charge is 2.34. The highest BCUT2D eigenvalue weighted by atomic mass is 32.2. The fourth-order valence-corrected chi connectivity index (χ4v) is 7.06. The number of benzene rings is 1. The summed E-state index contributed by atoms with van der Waals surface area (Å²) in [6, 6.07) is 7.10. The molecule has 0 saturated carbocycles. The number of aromatic nitrogens is 3. The number of hydrogen-bond donors (Lipinski definition) is 1. The van der Waals surface area contributed by atoms with Crippen molar-refractivity contribution in [3.05, 3.63) is 46.1 Å². The number of sulfonamides is 1. The van der Waals surface area contributed by atoms with E-state index in [0.717, 1.165) is 11.3 Å². The molecule has 1 saturated heterocycles. The number of thiazole rings is 1. The van der Waals surface area contributed by atoms with Crippen molar-refractivity contribution < 1.29 is 13.2 Å². The second-order valence-corrected chi connectivity index (χ2v) is 11.2. The van der Waals surface area contributed by atoms with Crippen LogP contribution in [0.4, 0.5) is 5.13 Å². The Bertz CT molecular complexity index is 1370. The predicted molar refractivity (Wildman–Crippen MR) is 127 cm³/mol. The zero-order valence-corrected chi connectivity index (χ0v) is 20.5. The van der Waals surface area contributed by atoms with Gasteiger partial charge in [-0.15, -0.1) is 0 Å². The molecule has 3 aromatic rings. The smallest absolute Gasteiger partial charge is 0.261 e. The van der Waals surface area contributed by atoms with Crippen LogP contribution in [0.5, 0.6) is 0 Å². The van der Waals surface area contributed by atoms with E-state index >= 15 is 0 Å². The molecular formula is C21H26N6O4S2. The first kappa shape index (κ1) is 23.5. The maximum atomic E-state index is 13.2. The molecule has 12 heteroatoms. The molecule has 2 aromatic heterocycles. The zero-order valence-electron chi connectivity index (χ0n) is 18.9. The Labute approximate surface area is 195 Å². The Hall–Kier alpha value is -2.67. The van der Waals surface area contributed by atoms with Gasteiger partial charge in [-0.2, -0.15) is 4.31 Å². The van der Waals surface area contributed by atoms with Crippen LogP contribution in [0.25, 0.3) is 10.9 Å². The molecule has 1 N–H and O–H groups in total. The highest BCUT2D eigenvalue weighted by molar-refractivity contribution is 7.91. The number of rotatable bonds is 5. The number of piperazine rings is 1. The van der Waals surface area contributed by atoms with Crippen LogP contribution >= 0.6 is 11.3 Å². The largest absolute Gasteiger partial charge is 0.302 e. The molecule has 4 rings (SSSR count). The molecule has 1 unspecified atom stereocenters. The van der Waals surface area contributed by atoms with E-state index in [1.165, 1.54) is 11.2 Å². The first-order chi connectivity index (χ1) is 15.6. The first-order valence-electron chi connectivity index (χ1n) is 10.5. The number of amides is 1. The molecule has 1 aliphatic rings. The molecule has 0 aliphatic carbocycles. The molecule has 1 amide bonds. The third kappa shape index (κ3) is 4.43. The zero-order chi connectivity index (χ0) is 23.9. The summed E-state index contributed by atoms with van der Waals surface area (Å²) >= 11 is 0.963. The van der Waals surface area contributed by atoms with E-state index < -0.39 is 10.0 Å². The summed E-state index contributed by atoms with van der Waals surface area (Å²) in [5, 5.41) is 3.39. The SMILES string of the molecule is CC(=O)Nc1nc(C)c(S(=O)(=O)N2CCN(C(C)c3nc4ccccc4c(=O)n3C)CC2)s1. The third-order valence-electron chi connectivity index (χ3n) is 5.82. The van der Waals surface area contributed by atoms with Gasteiger partial charge in [0.25, 0.3) is 15.6 Å². The minimum Gasteiger partial charge on any atom is -0.302 e. The normalized spacial score (nSPS) is 16.7. The molecule has 176 valence electrons. The van der Waals surface area contributed by atoms with Gasteiger partial charge < -0.3 is 5.32 Å². The van der Waals surface area contributed by atoms with Gasteiger partial charge >= 0.3 is 0 Å². The number of carbonyl (C=O) groups is 1. The third-order valence-corrected chi connectivity index (χ3v) is 9.38. The van der Waals surface area contributed by atoms with Crippen molar-refractivity contribution in [2.75, 3.05) is 31.5 Å². The molecule has 0 radical (unpaired) electrons. The van der Waals surface area contributed by atoms with Crippen molar-refractivity contribution in [3.8, 4) is 0 Å². The summed E-state index contributed by atoms with van der Waals surface area (Å²) < 4.78 is 29.6. The van der Waals surface area contributed by atoms with Crippen LogP contribution in [-0.2, 0) is 21.9 Å². The van der Waals surface area contributed by atoms with Crippen molar-refractivity contribution in [1.82, 2.24) is 23.7 Å². The molecule has 3 heterocycles. The summed E-state index contributed by atoms with van der Waals surface area (Å²) in [4.78, 5) is 35.1. The van der Waals surface area contributed by atoms with Crippen LogP contribution in [0.1, 0.15) is 31.4 Å². The average Bonchev–Trinajstić information content (AvgIpc) is 3.16. The standard InChI is InChI=1S/C21H26N6O4S2/c1-13-20(32-21(22-13)23-15(3)28)33(30,31)27-11-9-26(10-12-27)14(2)18-24-17-8-6-5-7-16(17)19(29)25(18)4/h5-8,14H,9-12H2,1-4H3,(H,22,23,28). The van der Waals surface area contributed by atoms with E-state index in [9.17, 15) is 18.0 Å². The monoisotopic (exact) mass is 490 g/mol. The summed E-state index contributed by atoms with van der Waals surface area (Å²) in [5.41, 5.74) is 0.925. The Kier molecular flexibility index (Phi) is 6.36. The van der Waals surface area contributed by atoms with Crippen molar-refractivity contribution in [2.45, 2.75) is 31.0 Å². The van der Waals surface area contributed by atoms with Gasteiger partial charge in [0.2, 0.25) is 5.91 Å². The van der Waals surface area contributed by atoms with Crippen LogP contribution < -0.4 is 10.9 Å². The van der Waals surface area contributed by atoms with Gasteiger partial charge in [-0.1, -0.05) is 23.5 Å². The molecule has 10 nitrogen and oxygen atoms in total. The van der Waals surface area contributed by atoms with Crippen LogP contribution in [0.3, 0.4) is 0 Å². The number of nitrogens with zero attached hydrogens (tertiary/aromatic N) is 5. The van der Waals surface area contributed by atoms with E-state index in [-0.39, 0.29) is 26.8 Å². The van der Waals surface area contributed by atoms with Crippen molar-refractivity contribution in [3.63, 3.8) is 0 Å². The van der Waals surface area contributed by atoms with E-state index in [0.29, 0.717) is 48.6 Å². The van der Waals surface area contributed by atoms with Gasteiger partial charge in [0.1, 0.15) is 5.82 Å². The Balaban J connectivity index is 1.52. The van der Waals surface area contributed by atoms with Gasteiger partial charge in [0.05, 0.1) is 22.6 Å². The molecular weight excluding hydrogens is 464 g/mol. The number of aryl methyl sites for hydroxylation is 1. The van der Waals surface area contributed by atoms with Gasteiger partial charge in [0, 0.05) is 40.2 Å². The lowest BCUT2D eigenvalue weighted by molar-refractivity contribution is -0.114. The van der Waals surface area contributed by atoms with Crippen molar-refractivity contribution >= 4 is 43.3 Å². The van der Waals surface area contributed by atoms with Crippen LogP contribution in [0, 0.1) is 6.92 Å². The van der Waals surface area contributed by atoms with Crippen LogP contribution in [0.2, 0.25) is 0 Å². The van der Waals surface area contributed by atoms with Gasteiger partial charge in [-0.05, 0) is 26.0 Å². The van der Waals surface area contributed by atoms with E-state index in [4.69, 9.17) is 4.98 Å². The lowest BCUT2D eigenvalue weighted by Crippen LogP contribution is -2.49. The lowest BCUT2D eigenvalue weighted by atomic mass is 10.2. The maximum Gasteiger partial charge on any atom is 0.261 e. The fraction of sp³-hybridized carbons (Fsp3) is 0.429. The van der Waals surface area contributed by atoms with Crippen molar-refractivity contribution in [2.24, 2.45) is 7.05 Å². The molecule has 1 aromatic carbocycles. The number of para-hydroxylation sites is 1. The second kappa shape index (κ2) is 8.93. The topological polar surface area (TPSA) is 118 Å². The lowest BCUT2D eigenvalue weighted by Gasteiger charge is -2.37. The fourth-order valence-electron chi connectivity index (χ4n) is 4.05. The number of carbonyl (C=O) groups excluding carboxylic acids is 1.